The highest BCUT2D eigenvalue weighted by molar-refractivity contribution is 5.77. The van der Waals surface area contributed by atoms with Gasteiger partial charge in [-0.1, -0.05) is 19.1 Å². The van der Waals surface area contributed by atoms with Gasteiger partial charge in [-0.05, 0) is 12.5 Å². The lowest BCUT2D eigenvalue weighted by Gasteiger charge is -2.16. The molecule has 0 saturated heterocycles. The SMILES string of the molecule is CCC(CC(=N)N)Oc1ccccc1[N+](=O)[O-]. The summed E-state index contributed by atoms with van der Waals surface area (Å²) in [6.45, 7) is 1.88. The fraction of sp³-hybridized carbons (Fsp3) is 0.364. The quantitative estimate of drug-likeness (QED) is 0.342. The van der Waals surface area contributed by atoms with Crippen LogP contribution in [-0.4, -0.2) is 16.9 Å². The lowest BCUT2D eigenvalue weighted by atomic mass is 10.2. The molecule has 0 aliphatic heterocycles. The van der Waals surface area contributed by atoms with E-state index in [2.05, 4.69) is 0 Å². The molecule has 0 aliphatic rings. The molecule has 0 heterocycles. The fourth-order valence-corrected chi connectivity index (χ4v) is 1.40. The Morgan fingerprint density at radius 1 is 1.59 bits per heavy atom. The number of nitrogens with one attached hydrogen (secondary N) is 1. The molecular weight excluding hydrogens is 222 g/mol. The van der Waals surface area contributed by atoms with E-state index in [9.17, 15) is 10.1 Å². The average molecular weight is 237 g/mol. The van der Waals surface area contributed by atoms with Gasteiger partial charge in [0.15, 0.2) is 5.75 Å². The minimum absolute atomic E-state index is 0.00966. The van der Waals surface area contributed by atoms with Gasteiger partial charge in [-0.3, -0.25) is 15.5 Å². The Kier molecular flexibility index (Phi) is 4.45. The Hall–Kier alpha value is -2.11. The number of para-hydroxylation sites is 2. The summed E-state index contributed by atoms with van der Waals surface area (Å²) in [4.78, 5) is 10.3. The molecule has 1 aromatic rings. The molecule has 17 heavy (non-hydrogen) atoms. The van der Waals surface area contributed by atoms with Crippen LogP contribution in [0.15, 0.2) is 24.3 Å². The van der Waals surface area contributed by atoms with E-state index in [0.29, 0.717) is 6.42 Å². The third-order valence-corrected chi connectivity index (χ3v) is 2.26. The summed E-state index contributed by atoms with van der Waals surface area (Å²) in [6, 6.07) is 6.18. The smallest absolute Gasteiger partial charge is 0.310 e. The van der Waals surface area contributed by atoms with Crippen LogP contribution in [0.4, 0.5) is 5.69 Å². The van der Waals surface area contributed by atoms with Crippen LogP contribution in [0, 0.1) is 15.5 Å². The van der Waals surface area contributed by atoms with Crippen molar-refractivity contribution >= 4 is 11.5 Å². The predicted molar refractivity (Wildman–Crippen MR) is 64.3 cm³/mol. The minimum Gasteiger partial charge on any atom is -0.483 e. The molecule has 0 spiro atoms. The van der Waals surface area contributed by atoms with Gasteiger partial charge in [0.1, 0.15) is 6.10 Å². The number of nitrogens with zero attached hydrogens (tertiary/aromatic N) is 1. The molecule has 1 unspecified atom stereocenters. The number of hydrogen-bond donors (Lipinski definition) is 2. The molecule has 0 aromatic heterocycles. The molecular formula is C11H15N3O3. The molecule has 0 radical (unpaired) electrons. The second kappa shape index (κ2) is 5.83. The van der Waals surface area contributed by atoms with Crippen molar-refractivity contribution in [1.82, 2.24) is 0 Å². The van der Waals surface area contributed by atoms with E-state index in [1.165, 1.54) is 6.07 Å². The van der Waals surface area contributed by atoms with Gasteiger partial charge in [-0.25, -0.2) is 0 Å². The third kappa shape index (κ3) is 3.75. The zero-order valence-corrected chi connectivity index (χ0v) is 9.55. The van der Waals surface area contributed by atoms with E-state index in [1.807, 2.05) is 6.92 Å². The molecule has 6 heteroatoms. The van der Waals surface area contributed by atoms with Crippen molar-refractivity contribution < 1.29 is 9.66 Å². The molecule has 1 rings (SSSR count). The minimum atomic E-state index is -0.490. The van der Waals surface area contributed by atoms with Crippen molar-refractivity contribution in [3.63, 3.8) is 0 Å². The van der Waals surface area contributed by atoms with Crippen LogP contribution in [0.5, 0.6) is 5.75 Å². The van der Waals surface area contributed by atoms with Crippen LogP contribution < -0.4 is 10.5 Å². The summed E-state index contributed by atoms with van der Waals surface area (Å²) >= 11 is 0. The van der Waals surface area contributed by atoms with Gasteiger partial charge in [-0.2, -0.15) is 0 Å². The summed E-state index contributed by atoms with van der Waals surface area (Å²) in [5, 5.41) is 18.0. The van der Waals surface area contributed by atoms with Crippen LogP contribution in [0.25, 0.3) is 0 Å². The molecule has 0 fully saturated rings. The Bertz CT molecular complexity index is 420. The van der Waals surface area contributed by atoms with E-state index in [4.69, 9.17) is 15.9 Å². The second-order valence-electron chi connectivity index (χ2n) is 3.60. The highest BCUT2D eigenvalue weighted by atomic mass is 16.6. The van der Waals surface area contributed by atoms with Gasteiger partial charge in [0.25, 0.3) is 0 Å². The summed E-state index contributed by atoms with van der Waals surface area (Å²) in [7, 11) is 0. The highest BCUT2D eigenvalue weighted by Crippen LogP contribution is 2.27. The van der Waals surface area contributed by atoms with Crippen molar-refractivity contribution in [3.05, 3.63) is 34.4 Å². The summed E-state index contributed by atoms with van der Waals surface area (Å²) in [6.07, 6.45) is 0.586. The molecule has 0 amide bonds. The topological polar surface area (TPSA) is 102 Å². The summed E-state index contributed by atoms with van der Waals surface area (Å²) in [5.41, 5.74) is 5.22. The average Bonchev–Trinajstić information content (AvgIpc) is 2.28. The number of ether oxygens (including phenoxy) is 1. The third-order valence-electron chi connectivity index (χ3n) is 2.26. The van der Waals surface area contributed by atoms with Gasteiger partial charge >= 0.3 is 5.69 Å². The highest BCUT2D eigenvalue weighted by Gasteiger charge is 2.17. The van der Waals surface area contributed by atoms with E-state index < -0.39 is 4.92 Å². The fourth-order valence-electron chi connectivity index (χ4n) is 1.40. The first-order valence-electron chi connectivity index (χ1n) is 5.27. The monoisotopic (exact) mass is 237 g/mol. The van der Waals surface area contributed by atoms with Crippen LogP contribution in [0.1, 0.15) is 19.8 Å². The zero-order chi connectivity index (χ0) is 12.8. The Morgan fingerprint density at radius 3 is 2.76 bits per heavy atom. The van der Waals surface area contributed by atoms with Gasteiger partial charge in [0, 0.05) is 12.5 Å². The normalized spacial score (nSPS) is 11.8. The second-order valence-corrected chi connectivity index (χ2v) is 3.60. The van der Waals surface area contributed by atoms with E-state index in [1.54, 1.807) is 18.2 Å². The molecule has 1 atom stereocenters. The largest absolute Gasteiger partial charge is 0.483 e. The van der Waals surface area contributed by atoms with Crippen LogP contribution in [0.2, 0.25) is 0 Å². The molecule has 0 saturated carbocycles. The van der Waals surface area contributed by atoms with Gasteiger partial charge in [0.05, 0.1) is 10.8 Å². The number of nitro benzene ring substituents is 1. The number of amidine groups is 1. The summed E-state index contributed by atoms with van der Waals surface area (Å²) in [5.74, 6) is 0.223. The summed E-state index contributed by atoms with van der Waals surface area (Å²) < 4.78 is 5.50. The molecule has 6 nitrogen and oxygen atoms in total. The zero-order valence-electron chi connectivity index (χ0n) is 9.55. The molecule has 92 valence electrons. The number of rotatable bonds is 6. The van der Waals surface area contributed by atoms with Crippen molar-refractivity contribution in [3.8, 4) is 5.75 Å². The Balaban J connectivity index is 2.85. The molecule has 1 aromatic carbocycles. The van der Waals surface area contributed by atoms with Crippen LogP contribution in [0.3, 0.4) is 0 Å². The van der Waals surface area contributed by atoms with Crippen molar-refractivity contribution in [2.75, 3.05) is 0 Å². The van der Waals surface area contributed by atoms with Crippen molar-refractivity contribution in [2.45, 2.75) is 25.9 Å². The molecule has 3 N–H and O–H groups in total. The standard InChI is InChI=1S/C11H15N3O3/c1-2-8(7-11(12)13)17-10-6-4-3-5-9(10)14(15)16/h3-6,8H,2,7H2,1H3,(H3,12,13). The Labute approximate surface area is 99.0 Å². The van der Waals surface area contributed by atoms with Crippen LogP contribution >= 0.6 is 0 Å². The van der Waals surface area contributed by atoms with Gasteiger partial charge in [0.2, 0.25) is 0 Å². The molecule has 0 aliphatic carbocycles. The number of benzene rings is 1. The lowest BCUT2D eigenvalue weighted by Crippen LogP contribution is -2.24. The first-order chi connectivity index (χ1) is 8.04. The maximum absolute atomic E-state index is 10.8. The first kappa shape index (κ1) is 13.0. The van der Waals surface area contributed by atoms with Gasteiger partial charge in [-0.15, -0.1) is 0 Å². The number of hydrogen-bond acceptors (Lipinski definition) is 4. The Morgan fingerprint density at radius 2 is 2.24 bits per heavy atom. The maximum Gasteiger partial charge on any atom is 0.310 e. The molecule has 0 bridgehead atoms. The van der Waals surface area contributed by atoms with Gasteiger partial charge < -0.3 is 10.5 Å². The van der Waals surface area contributed by atoms with E-state index in [-0.39, 0.29) is 29.8 Å². The lowest BCUT2D eigenvalue weighted by molar-refractivity contribution is -0.386. The van der Waals surface area contributed by atoms with E-state index in [0.717, 1.165) is 0 Å². The maximum atomic E-state index is 10.8. The van der Waals surface area contributed by atoms with Crippen molar-refractivity contribution in [2.24, 2.45) is 5.73 Å². The van der Waals surface area contributed by atoms with Crippen LogP contribution in [-0.2, 0) is 0 Å². The number of nitrogens with two attached hydrogens (primary N) is 1. The number of nitro groups is 1. The predicted octanol–water partition coefficient (Wildman–Crippen LogP) is 2.08. The van der Waals surface area contributed by atoms with Crippen molar-refractivity contribution in [1.29, 1.82) is 5.41 Å². The van der Waals surface area contributed by atoms with E-state index >= 15 is 0 Å². The first-order valence-corrected chi connectivity index (χ1v) is 5.27.